The van der Waals surface area contributed by atoms with Gasteiger partial charge in [-0.1, -0.05) is 13.3 Å². The van der Waals surface area contributed by atoms with Crippen LogP contribution in [0.3, 0.4) is 0 Å². The summed E-state index contributed by atoms with van der Waals surface area (Å²) in [6, 6.07) is 0.133. The lowest BCUT2D eigenvalue weighted by Crippen LogP contribution is -2.47. The predicted octanol–water partition coefficient (Wildman–Crippen LogP) is 1.40. The number of carbonyl (C=O) groups is 2. The lowest BCUT2D eigenvalue weighted by molar-refractivity contribution is -0.137. The molecule has 1 saturated carbocycles. The summed E-state index contributed by atoms with van der Waals surface area (Å²) in [5.41, 5.74) is 0. The van der Waals surface area contributed by atoms with Crippen molar-refractivity contribution in [2.75, 3.05) is 33.4 Å². The Labute approximate surface area is 114 Å². The Bertz CT molecular complexity index is 305. The number of hydrogen-bond donors (Lipinski definition) is 1. The number of unbranched alkanes of at least 4 members (excludes halogenated alkanes) is 1. The van der Waals surface area contributed by atoms with Gasteiger partial charge in [-0.05, 0) is 19.3 Å². The van der Waals surface area contributed by atoms with Crippen LogP contribution in [0.2, 0.25) is 0 Å². The standard InChI is InChI=1S/C13H24N2O4/c1-3-4-7-15(11-5-6-11)13(18)14(8-9-19-2)10-12(16)17/h11H,3-10H2,1-2H3,(H,16,17). The van der Waals surface area contributed by atoms with Crippen molar-refractivity contribution in [3.63, 3.8) is 0 Å². The number of aliphatic carboxylic acids is 1. The maximum atomic E-state index is 12.4. The lowest BCUT2D eigenvalue weighted by atomic mass is 10.3. The first kappa shape index (κ1) is 15.8. The summed E-state index contributed by atoms with van der Waals surface area (Å²) in [4.78, 5) is 26.4. The van der Waals surface area contributed by atoms with Crippen molar-refractivity contribution in [1.82, 2.24) is 9.80 Å². The van der Waals surface area contributed by atoms with E-state index in [2.05, 4.69) is 6.92 Å². The number of nitrogens with zero attached hydrogens (tertiary/aromatic N) is 2. The zero-order valence-electron chi connectivity index (χ0n) is 11.8. The van der Waals surface area contributed by atoms with Gasteiger partial charge >= 0.3 is 12.0 Å². The van der Waals surface area contributed by atoms with Crippen LogP contribution in [-0.2, 0) is 9.53 Å². The molecule has 0 atom stereocenters. The van der Waals surface area contributed by atoms with Crippen LogP contribution < -0.4 is 0 Å². The van der Waals surface area contributed by atoms with Crippen LogP contribution in [0.25, 0.3) is 0 Å². The van der Waals surface area contributed by atoms with Gasteiger partial charge in [-0.2, -0.15) is 0 Å². The van der Waals surface area contributed by atoms with Gasteiger partial charge in [-0.25, -0.2) is 4.79 Å². The smallest absolute Gasteiger partial charge is 0.323 e. The van der Waals surface area contributed by atoms with Gasteiger partial charge in [0.15, 0.2) is 0 Å². The molecule has 0 unspecified atom stereocenters. The predicted molar refractivity (Wildman–Crippen MR) is 71.1 cm³/mol. The topological polar surface area (TPSA) is 70.1 Å². The fourth-order valence-electron chi connectivity index (χ4n) is 1.94. The van der Waals surface area contributed by atoms with Gasteiger partial charge in [0, 0.05) is 26.2 Å². The Balaban J connectivity index is 2.61. The van der Waals surface area contributed by atoms with Crippen LogP contribution in [0.15, 0.2) is 0 Å². The Kier molecular flexibility index (Phi) is 6.62. The Morgan fingerprint density at radius 2 is 2.00 bits per heavy atom. The number of rotatable bonds is 9. The third-order valence-corrected chi connectivity index (χ3v) is 3.15. The van der Waals surface area contributed by atoms with Crippen LogP contribution in [0.5, 0.6) is 0 Å². The third-order valence-electron chi connectivity index (χ3n) is 3.15. The van der Waals surface area contributed by atoms with Crippen molar-refractivity contribution >= 4 is 12.0 Å². The molecular formula is C13H24N2O4. The summed E-state index contributed by atoms with van der Waals surface area (Å²) in [6.45, 7) is 3.19. The normalized spacial score (nSPS) is 14.2. The molecule has 1 rings (SSSR count). The van der Waals surface area contributed by atoms with Crippen molar-refractivity contribution in [3.05, 3.63) is 0 Å². The van der Waals surface area contributed by atoms with Crippen LogP contribution in [0, 0.1) is 0 Å². The monoisotopic (exact) mass is 272 g/mol. The second-order valence-electron chi connectivity index (χ2n) is 4.87. The summed E-state index contributed by atoms with van der Waals surface area (Å²) in [5, 5.41) is 8.89. The molecule has 0 aromatic heterocycles. The Hall–Kier alpha value is -1.30. The highest BCUT2D eigenvalue weighted by Crippen LogP contribution is 2.28. The summed E-state index contributed by atoms with van der Waals surface area (Å²) in [6.07, 6.45) is 4.03. The number of ether oxygens (including phenoxy) is 1. The molecule has 6 nitrogen and oxygen atoms in total. The van der Waals surface area contributed by atoms with E-state index in [1.165, 1.54) is 4.90 Å². The molecule has 1 fully saturated rings. The average molecular weight is 272 g/mol. The number of amides is 2. The summed E-state index contributed by atoms with van der Waals surface area (Å²) >= 11 is 0. The van der Waals surface area contributed by atoms with Crippen LogP contribution >= 0.6 is 0 Å². The SMILES string of the molecule is CCCCN(C(=O)N(CCOC)CC(=O)O)C1CC1. The maximum Gasteiger partial charge on any atom is 0.323 e. The van der Waals surface area contributed by atoms with Gasteiger partial charge in [0.25, 0.3) is 0 Å². The molecular weight excluding hydrogens is 248 g/mol. The Morgan fingerprint density at radius 3 is 2.47 bits per heavy atom. The van der Waals surface area contributed by atoms with Gasteiger partial charge in [0.1, 0.15) is 6.54 Å². The van der Waals surface area contributed by atoms with Crippen molar-refractivity contribution in [3.8, 4) is 0 Å². The van der Waals surface area contributed by atoms with E-state index in [0.29, 0.717) is 25.7 Å². The Morgan fingerprint density at radius 1 is 1.32 bits per heavy atom. The molecule has 0 aliphatic heterocycles. The van der Waals surface area contributed by atoms with Crippen molar-refractivity contribution in [1.29, 1.82) is 0 Å². The van der Waals surface area contributed by atoms with Crippen LogP contribution in [-0.4, -0.2) is 66.3 Å². The van der Waals surface area contributed by atoms with E-state index in [1.54, 1.807) is 7.11 Å². The van der Waals surface area contributed by atoms with E-state index in [-0.39, 0.29) is 12.6 Å². The highest BCUT2D eigenvalue weighted by Gasteiger charge is 2.34. The fourth-order valence-corrected chi connectivity index (χ4v) is 1.94. The van der Waals surface area contributed by atoms with E-state index in [1.807, 2.05) is 4.90 Å². The maximum absolute atomic E-state index is 12.4. The molecule has 0 radical (unpaired) electrons. The molecule has 1 N–H and O–H groups in total. The van der Waals surface area contributed by atoms with Crippen LogP contribution in [0.1, 0.15) is 32.6 Å². The minimum atomic E-state index is -0.990. The summed E-state index contributed by atoms with van der Waals surface area (Å²) in [5.74, 6) is -0.990. The number of carboxylic acid groups (broad SMARTS) is 1. The van der Waals surface area contributed by atoms with Gasteiger partial charge in [-0.3, -0.25) is 4.79 Å². The lowest BCUT2D eigenvalue weighted by Gasteiger charge is -2.29. The van der Waals surface area contributed by atoms with Crippen molar-refractivity contribution in [2.24, 2.45) is 0 Å². The second-order valence-corrected chi connectivity index (χ2v) is 4.87. The number of methoxy groups -OCH3 is 1. The van der Waals surface area contributed by atoms with Gasteiger partial charge < -0.3 is 19.6 Å². The molecule has 0 heterocycles. The molecule has 0 spiro atoms. The first-order valence-electron chi connectivity index (χ1n) is 6.86. The first-order chi connectivity index (χ1) is 9.10. The molecule has 6 heteroatoms. The largest absolute Gasteiger partial charge is 0.480 e. The molecule has 1 aliphatic rings. The molecule has 2 amide bonds. The number of urea groups is 1. The average Bonchev–Trinajstić information content (AvgIpc) is 3.18. The minimum absolute atomic E-state index is 0.171. The molecule has 1 aliphatic carbocycles. The van der Waals surface area contributed by atoms with Gasteiger partial charge in [0.05, 0.1) is 6.61 Å². The quantitative estimate of drug-likeness (QED) is 0.689. The summed E-state index contributed by atoms with van der Waals surface area (Å²) in [7, 11) is 1.54. The van der Waals surface area contributed by atoms with E-state index < -0.39 is 5.97 Å². The molecule has 0 aromatic rings. The molecule has 19 heavy (non-hydrogen) atoms. The fraction of sp³-hybridized carbons (Fsp3) is 0.846. The number of carbonyl (C=O) groups excluding carboxylic acids is 1. The van der Waals surface area contributed by atoms with Crippen LogP contribution in [0.4, 0.5) is 4.79 Å². The van der Waals surface area contributed by atoms with E-state index >= 15 is 0 Å². The van der Waals surface area contributed by atoms with Crippen molar-refractivity contribution < 1.29 is 19.4 Å². The van der Waals surface area contributed by atoms with Gasteiger partial charge in [0.2, 0.25) is 0 Å². The molecule has 110 valence electrons. The zero-order chi connectivity index (χ0) is 14.3. The van der Waals surface area contributed by atoms with E-state index in [4.69, 9.17) is 9.84 Å². The highest BCUT2D eigenvalue weighted by atomic mass is 16.5. The van der Waals surface area contributed by atoms with E-state index in [0.717, 1.165) is 25.7 Å². The minimum Gasteiger partial charge on any atom is -0.480 e. The zero-order valence-corrected chi connectivity index (χ0v) is 11.8. The molecule has 0 bridgehead atoms. The molecule has 0 aromatic carbocycles. The molecule has 0 saturated heterocycles. The number of carboxylic acids is 1. The highest BCUT2D eigenvalue weighted by molar-refractivity contribution is 5.80. The third kappa shape index (κ3) is 5.46. The first-order valence-corrected chi connectivity index (χ1v) is 6.86. The summed E-state index contributed by atoms with van der Waals surface area (Å²) < 4.78 is 4.94. The second kappa shape index (κ2) is 7.99. The van der Waals surface area contributed by atoms with E-state index in [9.17, 15) is 9.59 Å². The van der Waals surface area contributed by atoms with Crippen molar-refractivity contribution in [2.45, 2.75) is 38.6 Å². The van der Waals surface area contributed by atoms with Gasteiger partial charge in [-0.15, -0.1) is 0 Å². The number of hydrogen-bond acceptors (Lipinski definition) is 3.